The van der Waals surface area contributed by atoms with Crippen LogP contribution in [0.3, 0.4) is 0 Å². The molecule has 1 amide bonds. The molecule has 0 fully saturated rings. The molecule has 1 aromatic rings. The highest BCUT2D eigenvalue weighted by Crippen LogP contribution is 2.29. The van der Waals surface area contributed by atoms with Crippen molar-refractivity contribution >= 4 is 11.7 Å². The van der Waals surface area contributed by atoms with Crippen molar-refractivity contribution in [2.45, 2.75) is 18.7 Å². The second-order valence-electron chi connectivity index (χ2n) is 4.47. The van der Waals surface area contributed by atoms with Gasteiger partial charge in [-0.05, 0) is 12.1 Å². The molecule has 1 aliphatic heterocycles. The Bertz CT molecular complexity index is 501. The fourth-order valence-corrected chi connectivity index (χ4v) is 1.41. The van der Waals surface area contributed by atoms with E-state index in [1.54, 1.807) is 38.4 Å². The number of primary amides is 1. The van der Waals surface area contributed by atoms with Crippen molar-refractivity contribution in [3.8, 4) is 0 Å². The zero-order valence-corrected chi connectivity index (χ0v) is 11.6. The molecule has 0 radical (unpaired) electrons. The van der Waals surface area contributed by atoms with Gasteiger partial charge in [-0.25, -0.2) is 0 Å². The zero-order valence-electron chi connectivity index (χ0n) is 11.6. The van der Waals surface area contributed by atoms with Crippen molar-refractivity contribution in [3.05, 3.63) is 35.9 Å². The number of halogens is 3. The van der Waals surface area contributed by atoms with Crippen LogP contribution in [-0.2, 0) is 4.84 Å². The van der Waals surface area contributed by atoms with Crippen LogP contribution >= 0.6 is 0 Å². The number of nitrogens with two attached hydrogens (primary N) is 1. The van der Waals surface area contributed by atoms with Crippen LogP contribution < -0.4 is 5.73 Å². The minimum absolute atomic E-state index is 0.198. The van der Waals surface area contributed by atoms with Crippen LogP contribution in [0.5, 0.6) is 0 Å². The quantitative estimate of drug-likeness (QED) is 0.863. The lowest BCUT2D eigenvalue weighted by Gasteiger charge is -2.13. The highest BCUT2D eigenvalue weighted by Gasteiger charge is 2.45. The maximum absolute atomic E-state index is 12.0. The van der Waals surface area contributed by atoms with Gasteiger partial charge in [0.2, 0.25) is 12.0 Å². The molecule has 0 aliphatic carbocycles. The number of carbonyl (C=O) groups is 1. The number of benzene rings is 1. The van der Waals surface area contributed by atoms with Gasteiger partial charge in [0.1, 0.15) is 5.84 Å². The maximum Gasteiger partial charge on any atom is 0.428 e. The molecule has 0 saturated carbocycles. The first-order chi connectivity index (χ1) is 9.71. The molecule has 1 unspecified atom stereocenters. The summed E-state index contributed by atoms with van der Waals surface area (Å²) in [4.78, 5) is 16.1. The van der Waals surface area contributed by atoms with Crippen molar-refractivity contribution < 1.29 is 22.8 Å². The van der Waals surface area contributed by atoms with Crippen molar-refractivity contribution in [1.29, 1.82) is 0 Å². The summed E-state index contributed by atoms with van der Waals surface area (Å²) in [5, 5.41) is 3.31. The van der Waals surface area contributed by atoms with E-state index in [9.17, 15) is 18.0 Å². The lowest BCUT2D eigenvalue weighted by atomic mass is 10.2. The number of nitrogens with zero attached hydrogens (tertiary/aromatic N) is 2. The molecule has 8 heteroatoms. The van der Waals surface area contributed by atoms with E-state index in [0.717, 1.165) is 0 Å². The molecule has 116 valence electrons. The topological polar surface area (TPSA) is 67.9 Å². The van der Waals surface area contributed by atoms with E-state index < -0.39 is 12.3 Å². The van der Waals surface area contributed by atoms with Crippen molar-refractivity contribution in [3.63, 3.8) is 0 Å². The zero-order chi connectivity index (χ0) is 16.0. The van der Waals surface area contributed by atoms with Gasteiger partial charge in [-0.15, -0.1) is 0 Å². The summed E-state index contributed by atoms with van der Waals surface area (Å²) in [5.41, 5.74) is 5.53. The van der Waals surface area contributed by atoms with Gasteiger partial charge in [0.25, 0.3) is 0 Å². The van der Waals surface area contributed by atoms with Gasteiger partial charge in [0.15, 0.2) is 0 Å². The molecule has 0 bridgehead atoms. The summed E-state index contributed by atoms with van der Waals surface area (Å²) in [6.45, 7) is 0. The molecule has 1 heterocycles. The number of oxime groups is 1. The van der Waals surface area contributed by atoms with Crippen LogP contribution in [0.4, 0.5) is 13.2 Å². The summed E-state index contributed by atoms with van der Waals surface area (Å²) in [6, 6.07) is 8.76. The highest BCUT2D eigenvalue weighted by atomic mass is 19.4. The Morgan fingerprint density at radius 3 is 2.19 bits per heavy atom. The molecule has 1 aromatic carbocycles. The van der Waals surface area contributed by atoms with E-state index in [0.29, 0.717) is 11.4 Å². The van der Waals surface area contributed by atoms with E-state index in [2.05, 4.69) is 9.99 Å². The second-order valence-corrected chi connectivity index (χ2v) is 4.47. The largest absolute Gasteiger partial charge is 0.428 e. The van der Waals surface area contributed by atoms with E-state index >= 15 is 0 Å². The average molecular weight is 303 g/mol. The Morgan fingerprint density at radius 1 is 1.33 bits per heavy atom. The third kappa shape index (κ3) is 5.33. The molecule has 1 aliphatic rings. The minimum atomic E-state index is -4.32. The Labute approximate surface area is 120 Å². The molecule has 1 atom stereocenters. The lowest BCUT2D eigenvalue weighted by molar-refractivity contribution is -0.212. The highest BCUT2D eigenvalue weighted by molar-refractivity contribution is 5.92. The predicted octanol–water partition coefficient (Wildman–Crippen LogP) is 2.00. The monoisotopic (exact) mass is 303 g/mol. The first-order valence-corrected chi connectivity index (χ1v) is 6.03. The number of amidine groups is 1. The Hall–Kier alpha value is -2.25. The summed E-state index contributed by atoms with van der Waals surface area (Å²) in [7, 11) is 3.25. The third-order valence-corrected chi connectivity index (χ3v) is 2.59. The first-order valence-electron chi connectivity index (χ1n) is 6.03. The van der Waals surface area contributed by atoms with Crippen LogP contribution in [0.15, 0.2) is 35.5 Å². The second kappa shape index (κ2) is 6.96. The van der Waals surface area contributed by atoms with Crippen LogP contribution in [0.1, 0.15) is 16.8 Å². The standard InChI is InChI=1S/C7H7NO.C6H9F3N2O/c8-7(9)6-4-2-1-3-5-6;1-11(2)5-3-4(12-10-5)6(7,8)9/h1-5H,(H2,8,9);4H,3H2,1-2H3. The summed E-state index contributed by atoms with van der Waals surface area (Å²) < 4.78 is 35.9. The molecule has 2 rings (SSSR count). The molecule has 0 spiro atoms. The number of amides is 1. The SMILES string of the molecule is CN(C)C1=NOC(C(F)(F)F)C1.NC(=O)c1ccccc1. The summed E-state index contributed by atoms with van der Waals surface area (Å²) in [5.74, 6) is -0.0621. The smallest absolute Gasteiger partial charge is 0.381 e. The Balaban J connectivity index is 0.000000219. The number of hydrogen-bond donors (Lipinski definition) is 1. The number of hydrogen-bond acceptors (Lipinski definition) is 4. The van der Waals surface area contributed by atoms with Crippen molar-refractivity contribution in [2.24, 2.45) is 10.9 Å². The Kier molecular flexibility index (Phi) is 5.57. The van der Waals surface area contributed by atoms with E-state index in [-0.39, 0.29) is 12.3 Å². The predicted molar refractivity (Wildman–Crippen MR) is 71.6 cm³/mol. The van der Waals surface area contributed by atoms with Crippen molar-refractivity contribution in [2.75, 3.05) is 14.1 Å². The number of alkyl halides is 3. The minimum Gasteiger partial charge on any atom is -0.381 e. The fourth-order valence-electron chi connectivity index (χ4n) is 1.41. The normalized spacial score (nSPS) is 17.2. The van der Waals surface area contributed by atoms with Crippen LogP contribution in [0.2, 0.25) is 0 Å². The van der Waals surface area contributed by atoms with Gasteiger partial charge in [0.05, 0.1) is 6.42 Å². The molecule has 21 heavy (non-hydrogen) atoms. The first kappa shape index (κ1) is 16.8. The molecular formula is C13H16F3N3O2. The summed E-state index contributed by atoms with van der Waals surface area (Å²) in [6.07, 6.45) is -6.28. The van der Waals surface area contributed by atoms with Gasteiger partial charge in [-0.3, -0.25) is 4.79 Å². The van der Waals surface area contributed by atoms with E-state index in [4.69, 9.17) is 5.73 Å². The molecule has 0 saturated heterocycles. The Morgan fingerprint density at radius 2 is 1.90 bits per heavy atom. The van der Waals surface area contributed by atoms with Crippen LogP contribution in [0.25, 0.3) is 0 Å². The number of rotatable bonds is 1. The maximum atomic E-state index is 12.0. The molecule has 0 aromatic heterocycles. The van der Waals surface area contributed by atoms with Gasteiger partial charge in [-0.1, -0.05) is 23.4 Å². The molecule has 5 nitrogen and oxygen atoms in total. The van der Waals surface area contributed by atoms with E-state index in [1.807, 2.05) is 6.07 Å². The van der Waals surface area contributed by atoms with Crippen LogP contribution in [0, 0.1) is 0 Å². The van der Waals surface area contributed by atoms with Gasteiger partial charge in [0, 0.05) is 19.7 Å². The van der Waals surface area contributed by atoms with Gasteiger partial charge in [-0.2, -0.15) is 13.2 Å². The molecule has 2 N–H and O–H groups in total. The van der Waals surface area contributed by atoms with Crippen LogP contribution in [-0.4, -0.2) is 43.0 Å². The average Bonchev–Trinajstić information content (AvgIpc) is 2.90. The van der Waals surface area contributed by atoms with Gasteiger partial charge < -0.3 is 15.5 Å². The van der Waals surface area contributed by atoms with Crippen molar-refractivity contribution in [1.82, 2.24) is 4.90 Å². The third-order valence-electron chi connectivity index (χ3n) is 2.59. The van der Waals surface area contributed by atoms with Gasteiger partial charge >= 0.3 is 6.18 Å². The lowest BCUT2D eigenvalue weighted by Crippen LogP contribution is -2.31. The van der Waals surface area contributed by atoms with E-state index in [1.165, 1.54) is 4.90 Å². The fraction of sp³-hybridized carbons (Fsp3) is 0.385. The summed E-state index contributed by atoms with van der Waals surface area (Å²) >= 11 is 0. The molecular weight excluding hydrogens is 287 g/mol. The number of carbonyl (C=O) groups excluding carboxylic acids is 1.